The Kier molecular flexibility index (Phi) is 8.54. The largest absolute Gasteiger partial charge is 0.471 e. The molecule has 12 nitrogen and oxygen atoms in total. The molecule has 0 aliphatic carbocycles. The lowest BCUT2D eigenvalue weighted by Gasteiger charge is -2.17. The maximum atomic E-state index is 12.6. The van der Waals surface area contributed by atoms with Gasteiger partial charge in [-0.3, -0.25) is 14.3 Å². The Morgan fingerprint density at radius 2 is 1.90 bits per heavy atom. The summed E-state index contributed by atoms with van der Waals surface area (Å²) in [6, 6.07) is 9.05. The Hall–Kier alpha value is -4.24. The van der Waals surface area contributed by atoms with Crippen LogP contribution >= 0.6 is 7.82 Å². The summed E-state index contributed by atoms with van der Waals surface area (Å²) in [4.78, 5) is 47.7. The third-order valence-corrected chi connectivity index (χ3v) is 6.62. The van der Waals surface area contributed by atoms with Crippen molar-refractivity contribution in [1.29, 1.82) is 5.26 Å². The topological polar surface area (TPSA) is 158 Å². The Bertz CT molecular complexity index is 1670. The lowest BCUT2D eigenvalue weighted by atomic mass is 10.0. The van der Waals surface area contributed by atoms with Crippen LogP contribution in [0.15, 0.2) is 67.4 Å². The van der Waals surface area contributed by atoms with Crippen LogP contribution in [-0.2, 0) is 13.9 Å². The molecule has 0 aliphatic rings. The van der Waals surface area contributed by atoms with Gasteiger partial charge in [-0.15, -0.1) is 0 Å². The number of aromatic nitrogens is 4. The highest BCUT2D eigenvalue weighted by atomic mass is 31.2. The second-order valence-corrected chi connectivity index (χ2v) is 10.5. The SMILES string of the molecule is CC(OP(=O)(O)O)n1cc(-c2ccnc(C#N)c2)c2cc(-c3cncc(N(C)C(=O)C=CCN(C)C)c3)cnc21. The minimum absolute atomic E-state index is 0.196. The minimum Gasteiger partial charge on any atom is -0.310 e. The van der Waals surface area contributed by atoms with E-state index in [1.807, 2.05) is 37.2 Å². The first-order valence-corrected chi connectivity index (χ1v) is 13.7. The summed E-state index contributed by atoms with van der Waals surface area (Å²) < 4.78 is 18.0. The predicted molar refractivity (Wildman–Crippen MR) is 150 cm³/mol. The van der Waals surface area contributed by atoms with E-state index >= 15 is 0 Å². The maximum absolute atomic E-state index is 12.6. The first-order valence-electron chi connectivity index (χ1n) is 12.1. The number of pyridine rings is 3. The third-order valence-electron chi connectivity index (χ3n) is 6.04. The molecule has 0 fully saturated rings. The minimum atomic E-state index is -4.78. The van der Waals surface area contributed by atoms with Crippen LogP contribution in [-0.4, -0.2) is 67.8 Å². The molecular weight excluding hydrogens is 533 g/mol. The molecule has 0 aromatic carbocycles. The average molecular weight is 562 g/mol. The van der Waals surface area contributed by atoms with Crippen LogP contribution in [0, 0.1) is 11.3 Å². The molecule has 1 atom stereocenters. The molecule has 0 radical (unpaired) electrons. The lowest BCUT2D eigenvalue weighted by Crippen LogP contribution is -2.24. The van der Waals surface area contributed by atoms with Crippen molar-refractivity contribution in [3.8, 4) is 28.3 Å². The van der Waals surface area contributed by atoms with Crippen molar-refractivity contribution >= 4 is 30.5 Å². The van der Waals surface area contributed by atoms with E-state index < -0.39 is 14.1 Å². The molecule has 0 bridgehead atoms. The van der Waals surface area contributed by atoms with Crippen LogP contribution in [0.4, 0.5) is 5.69 Å². The van der Waals surface area contributed by atoms with Gasteiger partial charge in [0, 0.05) is 66.5 Å². The number of likely N-dealkylation sites (N-methyl/N-ethyl adjacent to an activating group) is 2. The smallest absolute Gasteiger partial charge is 0.310 e. The molecule has 0 saturated carbocycles. The Balaban J connectivity index is 1.78. The number of carbonyl (C=O) groups is 1. The van der Waals surface area contributed by atoms with Crippen LogP contribution in [0.1, 0.15) is 18.8 Å². The number of hydrogen-bond donors (Lipinski definition) is 2. The summed E-state index contributed by atoms with van der Waals surface area (Å²) in [5.41, 5.74) is 3.94. The summed E-state index contributed by atoms with van der Waals surface area (Å²) in [5, 5.41) is 9.99. The molecule has 1 unspecified atom stereocenters. The van der Waals surface area contributed by atoms with E-state index in [0.29, 0.717) is 45.5 Å². The Morgan fingerprint density at radius 1 is 1.15 bits per heavy atom. The lowest BCUT2D eigenvalue weighted by molar-refractivity contribution is -0.113. The number of nitriles is 1. The molecule has 0 saturated heterocycles. The highest BCUT2D eigenvalue weighted by Crippen LogP contribution is 2.42. The van der Waals surface area contributed by atoms with Crippen molar-refractivity contribution in [3.05, 3.63) is 73.1 Å². The quantitative estimate of drug-likeness (QED) is 0.228. The number of phosphoric acid groups is 1. The second kappa shape index (κ2) is 11.9. The van der Waals surface area contributed by atoms with Gasteiger partial charge < -0.3 is 24.2 Å². The van der Waals surface area contributed by atoms with Crippen LogP contribution < -0.4 is 4.90 Å². The van der Waals surface area contributed by atoms with E-state index in [0.717, 1.165) is 0 Å². The zero-order valence-corrected chi connectivity index (χ0v) is 23.2. The number of anilines is 1. The monoisotopic (exact) mass is 561 g/mol. The Labute approximate surface area is 231 Å². The van der Waals surface area contributed by atoms with Gasteiger partial charge in [0.1, 0.15) is 23.6 Å². The maximum Gasteiger partial charge on any atom is 0.471 e. The van der Waals surface area contributed by atoms with Crippen LogP contribution in [0.5, 0.6) is 0 Å². The van der Waals surface area contributed by atoms with Gasteiger partial charge >= 0.3 is 7.82 Å². The summed E-state index contributed by atoms with van der Waals surface area (Å²) >= 11 is 0. The molecule has 206 valence electrons. The number of nitrogens with zero attached hydrogens (tertiary/aromatic N) is 7. The molecule has 0 spiro atoms. The van der Waals surface area contributed by atoms with Gasteiger partial charge in [0.05, 0.1) is 11.9 Å². The van der Waals surface area contributed by atoms with E-state index in [1.54, 1.807) is 50.0 Å². The fourth-order valence-electron chi connectivity index (χ4n) is 4.08. The highest BCUT2D eigenvalue weighted by molar-refractivity contribution is 7.46. The van der Waals surface area contributed by atoms with Crippen molar-refractivity contribution in [2.45, 2.75) is 13.2 Å². The van der Waals surface area contributed by atoms with Crippen LogP contribution in [0.2, 0.25) is 0 Å². The number of fused-ring (bicyclic) bond motifs is 1. The fourth-order valence-corrected chi connectivity index (χ4v) is 4.58. The summed E-state index contributed by atoms with van der Waals surface area (Å²) in [6.45, 7) is 2.13. The number of rotatable bonds is 9. The average Bonchev–Trinajstić information content (AvgIpc) is 3.31. The van der Waals surface area contributed by atoms with E-state index in [2.05, 4.69) is 15.0 Å². The molecular formula is C27H28N7O5P. The number of hydrogen-bond acceptors (Lipinski definition) is 8. The van der Waals surface area contributed by atoms with Crippen molar-refractivity contribution in [2.24, 2.45) is 0 Å². The molecule has 4 rings (SSSR count). The van der Waals surface area contributed by atoms with Gasteiger partial charge in [-0.2, -0.15) is 5.26 Å². The van der Waals surface area contributed by atoms with Crippen molar-refractivity contribution in [3.63, 3.8) is 0 Å². The molecule has 1 amide bonds. The molecule has 4 heterocycles. The van der Waals surface area contributed by atoms with E-state index in [9.17, 15) is 24.4 Å². The molecule has 4 aromatic heterocycles. The normalized spacial score (nSPS) is 12.7. The van der Waals surface area contributed by atoms with Gasteiger partial charge in [-0.05, 0) is 50.8 Å². The number of phosphoric ester groups is 1. The number of carbonyl (C=O) groups excluding carboxylic acids is 1. The van der Waals surface area contributed by atoms with E-state index in [1.165, 1.54) is 28.7 Å². The van der Waals surface area contributed by atoms with Crippen LogP contribution in [0.3, 0.4) is 0 Å². The summed E-state index contributed by atoms with van der Waals surface area (Å²) in [5.74, 6) is -0.196. The molecule has 2 N–H and O–H groups in total. The third kappa shape index (κ3) is 6.66. The first-order chi connectivity index (χ1) is 19.0. The molecule has 13 heteroatoms. The summed E-state index contributed by atoms with van der Waals surface area (Å²) in [6.07, 6.45) is 10.3. The van der Waals surface area contributed by atoms with Gasteiger partial charge in [0.15, 0.2) is 0 Å². The Morgan fingerprint density at radius 3 is 2.60 bits per heavy atom. The zero-order valence-electron chi connectivity index (χ0n) is 22.3. The first kappa shape index (κ1) is 28.8. The van der Waals surface area contributed by atoms with Gasteiger partial charge in [0.2, 0.25) is 5.91 Å². The van der Waals surface area contributed by atoms with Gasteiger partial charge in [-0.1, -0.05) is 6.08 Å². The fraction of sp³-hybridized carbons (Fsp3) is 0.222. The predicted octanol–water partition coefficient (Wildman–Crippen LogP) is 3.74. The second-order valence-electron chi connectivity index (χ2n) is 9.28. The van der Waals surface area contributed by atoms with Crippen molar-refractivity contribution in [1.82, 2.24) is 24.4 Å². The van der Waals surface area contributed by atoms with Gasteiger partial charge in [-0.25, -0.2) is 14.5 Å². The van der Waals surface area contributed by atoms with Gasteiger partial charge in [0.25, 0.3) is 0 Å². The molecule has 4 aromatic rings. The van der Waals surface area contributed by atoms with Crippen LogP contribution in [0.25, 0.3) is 33.3 Å². The van der Waals surface area contributed by atoms with Crippen molar-refractivity contribution in [2.75, 3.05) is 32.6 Å². The van der Waals surface area contributed by atoms with E-state index in [4.69, 9.17) is 4.52 Å². The number of amides is 1. The summed E-state index contributed by atoms with van der Waals surface area (Å²) in [7, 11) is 0.716. The zero-order chi connectivity index (χ0) is 29.0. The molecule has 40 heavy (non-hydrogen) atoms. The standard InChI is InChI=1S/C27H28N7O5P/c1-18(39-40(36,37)38)34-17-25(19-7-8-30-22(10-19)13-28)24-12-21(15-31-27(24)34)20-11-23(16-29-14-20)33(4)26(35)6-5-9-32(2)3/h5-8,10-12,14-18H,9H2,1-4H3,(H2,36,37,38). The van der Waals surface area contributed by atoms with Crippen molar-refractivity contribution < 1.29 is 23.7 Å². The molecule has 0 aliphatic heterocycles. The van der Waals surface area contributed by atoms with E-state index in [-0.39, 0.29) is 11.6 Å². The highest BCUT2D eigenvalue weighted by Gasteiger charge is 2.23.